The van der Waals surface area contributed by atoms with Gasteiger partial charge in [0.1, 0.15) is 0 Å². The molecule has 4 bridgehead atoms. The van der Waals surface area contributed by atoms with Crippen LogP contribution in [-0.2, 0) is 4.79 Å². The Labute approximate surface area is 109 Å². The molecule has 0 aliphatic heterocycles. The number of rotatable bonds is 3. The number of carboxylic acid groups (broad SMARTS) is 1. The Morgan fingerprint density at radius 1 is 1.28 bits per heavy atom. The third-order valence-electron chi connectivity index (χ3n) is 6.02. The Bertz CT molecular complexity index is 382. The van der Waals surface area contributed by atoms with E-state index in [-0.39, 0.29) is 0 Å². The molecule has 4 aliphatic rings. The van der Waals surface area contributed by atoms with Crippen molar-refractivity contribution >= 4 is 5.97 Å². The maximum Gasteiger partial charge on any atom is 0.330 e. The SMILES string of the molecule is CCC12CC3CC(CC(C3)C1C=C(C)C(=O)O)C2. The molecule has 0 aromatic heterocycles. The predicted molar refractivity (Wildman–Crippen MR) is 71.2 cm³/mol. The first-order valence-corrected chi connectivity index (χ1v) is 7.46. The standard InChI is InChI=1S/C16H24O2/c1-3-16-8-11-5-12(9-16)7-13(6-11)14(16)4-10(2)15(17)18/h4,11-14H,3,5-9H2,1-2H3,(H,17,18). The smallest absolute Gasteiger partial charge is 0.330 e. The molecule has 4 rings (SSSR count). The number of aliphatic carboxylic acids is 1. The number of hydrogen-bond acceptors (Lipinski definition) is 1. The van der Waals surface area contributed by atoms with Crippen molar-refractivity contribution in [2.45, 2.75) is 52.4 Å². The van der Waals surface area contributed by atoms with Crippen LogP contribution < -0.4 is 0 Å². The van der Waals surface area contributed by atoms with Crippen LogP contribution in [0.1, 0.15) is 52.4 Å². The third kappa shape index (κ3) is 1.72. The summed E-state index contributed by atoms with van der Waals surface area (Å²) < 4.78 is 0. The predicted octanol–water partition coefficient (Wildman–Crippen LogP) is 3.87. The normalized spacial score (nSPS) is 46.4. The van der Waals surface area contributed by atoms with Gasteiger partial charge in [-0.25, -0.2) is 4.79 Å². The summed E-state index contributed by atoms with van der Waals surface area (Å²) in [6.45, 7) is 4.07. The molecule has 3 unspecified atom stereocenters. The van der Waals surface area contributed by atoms with E-state index in [9.17, 15) is 4.79 Å². The van der Waals surface area contributed by atoms with Crippen molar-refractivity contribution in [3.63, 3.8) is 0 Å². The van der Waals surface area contributed by atoms with Gasteiger partial charge < -0.3 is 5.11 Å². The highest BCUT2D eigenvalue weighted by Crippen LogP contribution is 2.64. The van der Waals surface area contributed by atoms with E-state index in [4.69, 9.17) is 5.11 Å². The van der Waals surface area contributed by atoms with Gasteiger partial charge in [0, 0.05) is 5.57 Å². The van der Waals surface area contributed by atoms with Crippen molar-refractivity contribution < 1.29 is 9.90 Å². The van der Waals surface area contributed by atoms with Crippen LogP contribution in [-0.4, -0.2) is 11.1 Å². The first kappa shape index (κ1) is 12.3. The molecule has 4 fully saturated rings. The summed E-state index contributed by atoms with van der Waals surface area (Å²) in [7, 11) is 0. The van der Waals surface area contributed by atoms with Gasteiger partial charge in [-0.2, -0.15) is 0 Å². The van der Waals surface area contributed by atoms with Crippen LogP contribution in [0, 0.1) is 29.1 Å². The Morgan fingerprint density at radius 2 is 1.89 bits per heavy atom. The fraction of sp³-hybridized carbons (Fsp3) is 0.812. The van der Waals surface area contributed by atoms with Gasteiger partial charge in [0.2, 0.25) is 0 Å². The minimum atomic E-state index is -0.741. The molecule has 0 saturated heterocycles. The van der Waals surface area contributed by atoms with E-state index in [1.54, 1.807) is 6.92 Å². The molecular weight excluding hydrogens is 224 g/mol. The molecule has 2 nitrogen and oxygen atoms in total. The molecule has 3 atom stereocenters. The van der Waals surface area contributed by atoms with Gasteiger partial charge in [-0.1, -0.05) is 13.0 Å². The second kappa shape index (κ2) is 4.11. The van der Waals surface area contributed by atoms with Gasteiger partial charge in [0.05, 0.1) is 0 Å². The van der Waals surface area contributed by atoms with Crippen LogP contribution in [0.25, 0.3) is 0 Å². The van der Waals surface area contributed by atoms with Crippen LogP contribution in [0.5, 0.6) is 0 Å². The van der Waals surface area contributed by atoms with Gasteiger partial charge in [0.15, 0.2) is 0 Å². The lowest BCUT2D eigenvalue weighted by molar-refractivity contribution is -0.132. The lowest BCUT2D eigenvalue weighted by atomic mass is 9.44. The second-order valence-corrected chi connectivity index (χ2v) is 7.00. The van der Waals surface area contributed by atoms with E-state index in [0.29, 0.717) is 16.9 Å². The molecule has 4 aliphatic carbocycles. The van der Waals surface area contributed by atoms with Gasteiger partial charge in [-0.15, -0.1) is 0 Å². The number of carboxylic acids is 1. The minimum Gasteiger partial charge on any atom is -0.478 e. The van der Waals surface area contributed by atoms with Crippen LogP contribution in [0.4, 0.5) is 0 Å². The summed E-state index contributed by atoms with van der Waals surface area (Å²) in [6.07, 6.45) is 10.2. The molecule has 2 heteroatoms. The zero-order valence-corrected chi connectivity index (χ0v) is 11.5. The quantitative estimate of drug-likeness (QED) is 0.770. The Balaban J connectivity index is 1.93. The summed E-state index contributed by atoms with van der Waals surface area (Å²) in [6, 6.07) is 0. The van der Waals surface area contributed by atoms with Crippen molar-refractivity contribution in [3.8, 4) is 0 Å². The van der Waals surface area contributed by atoms with E-state index in [1.807, 2.05) is 0 Å². The Kier molecular flexibility index (Phi) is 2.80. The molecule has 0 radical (unpaired) electrons. The molecule has 0 heterocycles. The van der Waals surface area contributed by atoms with Crippen molar-refractivity contribution in [1.82, 2.24) is 0 Å². The number of carbonyl (C=O) groups is 1. The fourth-order valence-corrected chi connectivity index (χ4v) is 5.43. The highest BCUT2D eigenvalue weighted by molar-refractivity contribution is 5.85. The lowest BCUT2D eigenvalue weighted by Gasteiger charge is -2.61. The largest absolute Gasteiger partial charge is 0.478 e. The van der Waals surface area contributed by atoms with Crippen LogP contribution in [0.3, 0.4) is 0 Å². The fourth-order valence-electron chi connectivity index (χ4n) is 5.43. The van der Waals surface area contributed by atoms with Crippen LogP contribution in [0.15, 0.2) is 11.6 Å². The van der Waals surface area contributed by atoms with E-state index in [1.165, 1.54) is 38.5 Å². The van der Waals surface area contributed by atoms with Gasteiger partial charge in [-0.3, -0.25) is 0 Å². The summed E-state index contributed by atoms with van der Waals surface area (Å²) in [5, 5.41) is 9.13. The lowest BCUT2D eigenvalue weighted by Crippen LogP contribution is -2.51. The van der Waals surface area contributed by atoms with Gasteiger partial charge in [0.25, 0.3) is 0 Å². The van der Waals surface area contributed by atoms with Crippen LogP contribution >= 0.6 is 0 Å². The molecule has 1 N–H and O–H groups in total. The zero-order chi connectivity index (χ0) is 12.9. The maximum atomic E-state index is 11.1. The van der Waals surface area contributed by atoms with E-state index < -0.39 is 5.97 Å². The summed E-state index contributed by atoms with van der Waals surface area (Å²) in [5.74, 6) is 2.45. The van der Waals surface area contributed by atoms with Crippen molar-refractivity contribution in [2.75, 3.05) is 0 Å². The van der Waals surface area contributed by atoms with Crippen LogP contribution in [0.2, 0.25) is 0 Å². The third-order valence-corrected chi connectivity index (χ3v) is 6.02. The minimum absolute atomic E-state index is 0.436. The van der Waals surface area contributed by atoms with Gasteiger partial charge in [-0.05, 0) is 74.5 Å². The maximum absolute atomic E-state index is 11.1. The molecule has 18 heavy (non-hydrogen) atoms. The molecule has 0 aromatic carbocycles. The summed E-state index contributed by atoms with van der Waals surface area (Å²) in [4.78, 5) is 11.1. The Hall–Kier alpha value is -0.790. The monoisotopic (exact) mass is 248 g/mol. The first-order valence-electron chi connectivity index (χ1n) is 7.46. The molecule has 0 aromatic rings. The average Bonchev–Trinajstić information content (AvgIpc) is 2.32. The highest BCUT2D eigenvalue weighted by atomic mass is 16.4. The van der Waals surface area contributed by atoms with Gasteiger partial charge >= 0.3 is 5.97 Å². The average molecular weight is 248 g/mol. The van der Waals surface area contributed by atoms with E-state index in [2.05, 4.69) is 13.0 Å². The van der Waals surface area contributed by atoms with E-state index in [0.717, 1.165) is 17.8 Å². The Morgan fingerprint density at radius 3 is 2.39 bits per heavy atom. The van der Waals surface area contributed by atoms with E-state index >= 15 is 0 Å². The summed E-state index contributed by atoms with van der Waals surface area (Å²) >= 11 is 0. The topological polar surface area (TPSA) is 37.3 Å². The zero-order valence-electron chi connectivity index (χ0n) is 11.5. The molecule has 4 saturated carbocycles. The number of allylic oxidation sites excluding steroid dienone is 1. The van der Waals surface area contributed by atoms with Crippen molar-refractivity contribution in [2.24, 2.45) is 29.1 Å². The molecule has 0 amide bonds. The van der Waals surface area contributed by atoms with Crippen molar-refractivity contribution in [1.29, 1.82) is 0 Å². The summed E-state index contributed by atoms with van der Waals surface area (Å²) in [5.41, 5.74) is 0.992. The highest BCUT2D eigenvalue weighted by Gasteiger charge is 2.55. The number of hydrogen-bond donors (Lipinski definition) is 1. The molecular formula is C16H24O2. The first-order chi connectivity index (χ1) is 8.54. The molecule has 100 valence electrons. The molecule has 0 spiro atoms. The van der Waals surface area contributed by atoms with Crippen molar-refractivity contribution in [3.05, 3.63) is 11.6 Å². The second-order valence-electron chi connectivity index (χ2n) is 7.00.